The molecule has 0 unspecified atom stereocenters. The summed E-state index contributed by atoms with van der Waals surface area (Å²) in [5.74, 6) is 0. The van der Waals surface area contributed by atoms with E-state index in [-0.39, 0.29) is 0 Å². The standard InChI is InChI=1S/C13H27N/c1-4-7-10-13(5-2,6-3)11-14-12-8-9-12/h12,14H,4-11H2,1-3H3. The number of unbranched alkanes of at least 4 members (excludes halogenated alkanes) is 1. The molecule has 0 aromatic rings. The van der Waals surface area contributed by atoms with Gasteiger partial charge in [-0.1, -0.05) is 33.6 Å². The van der Waals surface area contributed by atoms with Crippen LogP contribution in [0.1, 0.15) is 65.7 Å². The van der Waals surface area contributed by atoms with Gasteiger partial charge in [0, 0.05) is 12.6 Å². The molecule has 1 saturated carbocycles. The van der Waals surface area contributed by atoms with Crippen molar-refractivity contribution in [2.75, 3.05) is 6.54 Å². The van der Waals surface area contributed by atoms with Crippen molar-refractivity contribution in [3.8, 4) is 0 Å². The second-order valence-corrected chi connectivity index (χ2v) is 4.97. The summed E-state index contributed by atoms with van der Waals surface area (Å²) in [5, 5.41) is 3.71. The molecular formula is C13H27N. The third-order valence-electron chi connectivity index (χ3n) is 3.90. The van der Waals surface area contributed by atoms with Crippen LogP contribution in [-0.4, -0.2) is 12.6 Å². The topological polar surface area (TPSA) is 12.0 Å². The molecule has 1 aliphatic carbocycles. The minimum absolute atomic E-state index is 0.596. The molecule has 0 heterocycles. The van der Waals surface area contributed by atoms with Crippen molar-refractivity contribution >= 4 is 0 Å². The Morgan fingerprint density at radius 1 is 1.14 bits per heavy atom. The summed E-state index contributed by atoms with van der Waals surface area (Å²) >= 11 is 0. The second-order valence-electron chi connectivity index (χ2n) is 4.97. The fourth-order valence-electron chi connectivity index (χ4n) is 2.14. The molecule has 0 aliphatic heterocycles. The summed E-state index contributed by atoms with van der Waals surface area (Å²) in [6, 6.07) is 0.870. The highest BCUT2D eigenvalue weighted by atomic mass is 15.0. The maximum absolute atomic E-state index is 3.71. The van der Waals surface area contributed by atoms with Gasteiger partial charge < -0.3 is 5.32 Å². The summed E-state index contributed by atoms with van der Waals surface area (Å²) in [5.41, 5.74) is 0.596. The molecule has 0 bridgehead atoms. The Hall–Kier alpha value is -0.0400. The third kappa shape index (κ3) is 3.61. The van der Waals surface area contributed by atoms with Gasteiger partial charge in [0.1, 0.15) is 0 Å². The van der Waals surface area contributed by atoms with Crippen molar-refractivity contribution in [2.45, 2.75) is 71.8 Å². The Morgan fingerprint density at radius 2 is 1.79 bits per heavy atom. The van der Waals surface area contributed by atoms with Crippen molar-refractivity contribution in [1.82, 2.24) is 5.32 Å². The fourth-order valence-corrected chi connectivity index (χ4v) is 2.14. The first-order chi connectivity index (χ1) is 6.76. The van der Waals surface area contributed by atoms with E-state index in [4.69, 9.17) is 0 Å². The van der Waals surface area contributed by atoms with Crippen LogP contribution >= 0.6 is 0 Å². The Bertz CT molecular complexity index is 145. The van der Waals surface area contributed by atoms with Crippen molar-refractivity contribution < 1.29 is 0 Å². The van der Waals surface area contributed by atoms with E-state index in [0.29, 0.717) is 5.41 Å². The van der Waals surface area contributed by atoms with Crippen LogP contribution in [0.25, 0.3) is 0 Å². The molecule has 0 spiro atoms. The average molecular weight is 197 g/mol. The molecule has 0 aromatic carbocycles. The minimum atomic E-state index is 0.596. The monoisotopic (exact) mass is 197 g/mol. The van der Waals surface area contributed by atoms with Crippen LogP contribution in [0.5, 0.6) is 0 Å². The van der Waals surface area contributed by atoms with Crippen LogP contribution in [0.4, 0.5) is 0 Å². The summed E-state index contributed by atoms with van der Waals surface area (Å²) in [6.07, 6.45) is 9.65. The molecule has 1 aliphatic rings. The van der Waals surface area contributed by atoms with E-state index in [0.717, 1.165) is 6.04 Å². The highest BCUT2D eigenvalue weighted by Gasteiger charge is 2.28. The smallest absolute Gasteiger partial charge is 0.00684 e. The molecule has 0 amide bonds. The maximum Gasteiger partial charge on any atom is 0.00684 e. The second kappa shape index (κ2) is 5.75. The summed E-state index contributed by atoms with van der Waals surface area (Å²) < 4.78 is 0. The highest BCUT2D eigenvalue weighted by molar-refractivity contribution is 4.86. The first-order valence-corrected chi connectivity index (χ1v) is 6.49. The first-order valence-electron chi connectivity index (χ1n) is 6.49. The maximum atomic E-state index is 3.71. The van der Waals surface area contributed by atoms with Crippen molar-refractivity contribution in [3.63, 3.8) is 0 Å². The van der Waals surface area contributed by atoms with Gasteiger partial charge in [-0.3, -0.25) is 0 Å². The summed E-state index contributed by atoms with van der Waals surface area (Å²) in [6.45, 7) is 8.26. The van der Waals surface area contributed by atoms with Crippen molar-refractivity contribution in [2.24, 2.45) is 5.41 Å². The van der Waals surface area contributed by atoms with Crippen LogP contribution in [0.15, 0.2) is 0 Å². The largest absolute Gasteiger partial charge is 0.313 e. The van der Waals surface area contributed by atoms with E-state index >= 15 is 0 Å². The SMILES string of the molecule is CCCCC(CC)(CC)CNC1CC1. The van der Waals surface area contributed by atoms with Crippen molar-refractivity contribution in [1.29, 1.82) is 0 Å². The molecule has 1 N–H and O–H groups in total. The Morgan fingerprint density at radius 3 is 2.21 bits per heavy atom. The Balaban J connectivity index is 2.31. The van der Waals surface area contributed by atoms with E-state index in [1.54, 1.807) is 0 Å². The number of hydrogen-bond donors (Lipinski definition) is 1. The third-order valence-corrected chi connectivity index (χ3v) is 3.90. The molecular weight excluding hydrogens is 170 g/mol. The fraction of sp³-hybridized carbons (Fsp3) is 1.00. The molecule has 1 rings (SSSR count). The molecule has 84 valence electrons. The molecule has 1 heteroatoms. The van der Waals surface area contributed by atoms with Gasteiger partial charge in [0.25, 0.3) is 0 Å². The number of nitrogens with one attached hydrogen (secondary N) is 1. The van der Waals surface area contributed by atoms with E-state index in [1.165, 1.54) is 51.5 Å². The van der Waals surface area contributed by atoms with E-state index in [2.05, 4.69) is 26.1 Å². The molecule has 0 saturated heterocycles. The number of rotatable bonds is 8. The lowest BCUT2D eigenvalue weighted by atomic mass is 9.78. The van der Waals surface area contributed by atoms with Crippen LogP contribution in [0, 0.1) is 5.41 Å². The van der Waals surface area contributed by atoms with Crippen molar-refractivity contribution in [3.05, 3.63) is 0 Å². The quantitative estimate of drug-likeness (QED) is 0.625. The molecule has 14 heavy (non-hydrogen) atoms. The lowest BCUT2D eigenvalue weighted by molar-refractivity contribution is 0.221. The number of hydrogen-bond acceptors (Lipinski definition) is 1. The van der Waals surface area contributed by atoms with Gasteiger partial charge in [0.15, 0.2) is 0 Å². The molecule has 0 atom stereocenters. The van der Waals surface area contributed by atoms with Gasteiger partial charge >= 0.3 is 0 Å². The summed E-state index contributed by atoms with van der Waals surface area (Å²) in [4.78, 5) is 0. The zero-order chi connectivity index (χ0) is 10.4. The van der Waals surface area contributed by atoms with Gasteiger partial charge in [0.05, 0.1) is 0 Å². The van der Waals surface area contributed by atoms with Gasteiger partial charge in [-0.2, -0.15) is 0 Å². The van der Waals surface area contributed by atoms with E-state index in [9.17, 15) is 0 Å². The van der Waals surface area contributed by atoms with Crippen LogP contribution < -0.4 is 5.32 Å². The van der Waals surface area contributed by atoms with Gasteiger partial charge in [0.2, 0.25) is 0 Å². The predicted molar refractivity (Wildman–Crippen MR) is 63.6 cm³/mol. The predicted octanol–water partition coefficient (Wildman–Crippen LogP) is 3.74. The molecule has 1 fully saturated rings. The lowest BCUT2D eigenvalue weighted by Gasteiger charge is -2.32. The molecule has 0 aromatic heterocycles. The van der Waals surface area contributed by atoms with E-state index in [1.807, 2.05) is 0 Å². The van der Waals surface area contributed by atoms with E-state index < -0.39 is 0 Å². The van der Waals surface area contributed by atoms with Gasteiger partial charge in [-0.15, -0.1) is 0 Å². The lowest BCUT2D eigenvalue weighted by Crippen LogP contribution is -2.34. The molecule has 1 nitrogen and oxygen atoms in total. The van der Waals surface area contributed by atoms with Gasteiger partial charge in [-0.25, -0.2) is 0 Å². The Kier molecular flexibility index (Phi) is 4.94. The van der Waals surface area contributed by atoms with Crippen LogP contribution in [0.3, 0.4) is 0 Å². The molecule has 0 radical (unpaired) electrons. The first kappa shape index (κ1) is 12.0. The summed E-state index contributed by atoms with van der Waals surface area (Å²) in [7, 11) is 0. The van der Waals surface area contributed by atoms with Crippen LogP contribution in [0.2, 0.25) is 0 Å². The van der Waals surface area contributed by atoms with Crippen LogP contribution in [-0.2, 0) is 0 Å². The highest BCUT2D eigenvalue weighted by Crippen LogP contribution is 2.33. The Labute approximate surface area is 89.7 Å². The minimum Gasteiger partial charge on any atom is -0.313 e. The zero-order valence-corrected chi connectivity index (χ0v) is 10.2. The zero-order valence-electron chi connectivity index (χ0n) is 10.2. The normalized spacial score (nSPS) is 17.4. The average Bonchev–Trinajstić information content (AvgIpc) is 3.03. The van der Waals surface area contributed by atoms with Gasteiger partial charge in [-0.05, 0) is 37.5 Å².